The maximum absolute atomic E-state index is 11.8. The molecule has 0 radical (unpaired) electrons. The van der Waals surface area contributed by atoms with Crippen molar-refractivity contribution in [3.63, 3.8) is 0 Å². The molecule has 0 aromatic carbocycles. The lowest BCUT2D eigenvalue weighted by Gasteiger charge is -2.20. The van der Waals surface area contributed by atoms with E-state index in [1.54, 1.807) is 0 Å². The smallest absolute Gasteiger partial charge is 0.325 e. The number of rotatable bonds is 5. The highest BCUT2D eigenvalue weighted by Crippen LogP contribution is 2.33. The lowest BCUT2D eigenvalue weighted by atomic mass is 10.0. The topological polar surface area (TPSA) is 154 Å². The largest absolute Gasteiger partial charge is 0.394 e. The number of ether oxygens (including phenoxy) is 2. The molecule has 0 spiro atoms. The van der Waals surface area contributed by atoms with E-state index in [1.165, 1.54) is 7.05 Å². The SMILES string of the molecule is CNC(=O)COC1C(O)[C@@H](CO)O[C@H]1c1c[nH]c(=O)[nH]c1=O. The molecule has 1 fully saturated rings. The van der Waals surface area contributed by atoms with Crippen LogP contribution in [0.4, 0.5) is 0 Å². The zero-order valence-corrected chi connectivity index (χ0v) is 11.7. The Labute approximate surface area is 124 Å². The fraction of sp³-hybridized carbons (Fsp3) is 0.583. The van der Waals surface area contributed by atoms with Crippen LogP contribution in [0.25, 0.3) is 0 Å². The number of hydrogen-bond acceptors (Lipinski definition) is 7. The van der Waals surface area contributed by atoms with Gasteiger partial charge >= 0.3 is 5.69 Å². The zero-order chi connectivity index (χ0) is 16.3. The molecule has 1 aliphatic rings. The van der Waals surface area contributed by atoms with Gasteiger partial charge in [0.15, 0.2) is 0 Å². The highest BCUT2D eigenvalue weighted by molar-refractivity contribution is 5.76. The molecule has 4 atom stereocenters. The second kappa shape index (κ2) is 6.83. The fourth-order valence-electron chi connectivity index (χ4n) is 2.20. The van der Waals surface area contributed by atoms with E-state index in [2.05, 4.69) is 10.3 Å². The standard InChI is InChI=1S/C12H17N3O7/c1-13-7(17)4-21-10-8(18)6(3-16)22-9(10)5-2-14-12(20)15-11(5)19/h2,6,8-10,16,18H,3-4H2,1H3,(H,13,17)(H2,14,15,19,20)/t6-,8?,9+,10?/m1/s1. The predicted molar refractivity (Wildman–Crippen MR) is 72.2 cm³/mol. The van der Waals surface area contributed by atoms with Gasteiger partial charge in [0.05, 0.1) is 12.2 Å². The molecule has 2 rings (SSSR count). The molecule has 0 bridgehead atoms. The summed E-state index contributed by atoms with van der Waals surface area (Å²) in [5.41, 5.74) is -1.36. The second-order valence-corrected chi connectivity index (χ2v) is 4.74. The maximum Gasteiger partial charge on any atom is 0.325 e. The van der Waals surface area contributed by atoms with Crippen molar-refractivity contribution in [2.75, 3.05) is 20.3 Å². The first-order chi connectivity index (χ1) is 10.5. The number of likely N-dealkylation sites (N-methyl/N-ethyl adjacent to an activating group) is 1. The van der Waals surface area contributed by atoms with E-state index in [4.69, 9.17) is 9.47 Å². The number of H-pyrrole nitrogens is 2. The molecule has 1 aromatic heterocycles. The summed E-state index contributed by atoms with van der Waals surface area (Å²) < 4.78 is 10.7. The van der Waals surface area contributed by atoms with Crippen LogP contribution in [0.15, 0.2) is 15.8 Å². The van der Waals surface area contributed by atoms with Crippen LogP contribution in [-0.2, 0) is 14.3 Å². The molecule has 0 aliphatic carbocycles. The van der Waals surface area contributed by atoms with Crippen LogP contribution in [0.1, 0.15) is 11.7 Å². The van der Waals surface area contributed by atoms with E-state index in [1.807, 2.05) is 4.98 Å². The monoisotopic (exact) mass is 315 g/mol. The Morgan fingerprint density at radius 1 is 1.50 bits per heavy atom. The van der Waals surface area contributed by atoms with Gasteiger partial charge in [-0.25, -0.2) is 4.79 Å². The molecule has 1 saturated heterocycles. The van der Waals surface area contributed by atoms with Crippen LogP contribution in [0.5, 0.6) is 0 Å². The highest BCUT2D eigenvalue weighted by Gasteiger charge is 2.46. The number of aromatic amines is 2. The Bertz CT molecular complexity index is 640. The van der Waals surface area contributed by atoms with Crippen LogP contribution < -0.4 is 16.6 Å². The van der Waals surface area contributed by atoms with Gasteiger partial charge in [-0.15, -0.1) is 0 Å². The molecule has 1 aliphatic heterocycles. The van der Waals surface area contributed by atoms with Crippen molar-refractivity contribution in [2.24, 2.45) is 0 Å². The first-order valence-corrected chi connectivity index (χ1v) is 6.56. The number of nitrogens with one attached hydrogen (secondary N) is 3. The Kier molecular flexibility index (Phi) is 5.08. The maximum atomic E-state index is 11.8. The van der Waals surface area contributed by atoms with Crippen molar-refractivity contribution in [1.82, 2.24) is 15.3 Å². The second-order valence-electron chi connectivity index (χ2n) is 4.74. The number of hydrogen-bond donors (Lipinski definition) is 5. The van der Waals surface area contributed by atoms with Crippen molar-refractivity contribution in [1.29, 1.82) is 0 Å². The minimum atomic E-state index is -1.23. The lowest BCUT2D eigenvalue weighted by Crippen LogP contribution is -2.38. The predicted octanol–water partition coefficient (Wildman–Crippen LogP) is -3.01. The van der Waals surface area contributed by atoms with E-state index in [-0.39, 0.29) is 12.2 Å². The van der Waals surface area contributed by atoms with E-state index < -0.39 is 48.2 Å². The van der Waals surface area contributed by atoms with E-state index in [0.29, 0.717) is 0 Å². The van der Waals surface area contributed by atoms with Gasteiger partial charge in [0.2, 0.25) is 5.91 Å². The van der Waals surface area contributed by atoms with Crippen molar-refractivity contribution < 1.29 is 24.5 Å². The molecule has 10 heteroatoms. The molecule has 2 unspecified atom stereocenters. The van der Waals surface area contributed by atoms with Gasteiger partial charge < -0.3 is 30.0 Å². The number of carbonyl (C=O) groups excluding carboxylic acids is 1. The van der Waals surface area contributed by atoms with Crippen molar-refractivity contribution >= 4 is 5.91 Å². The van der Waals surface area contributed by atoms with Gasteiger partial charge in [0, 0.05) is 13.2 Å². The van der Waals surface area contributed by atoms with Crippen molar-refractivity contribution in [3.8, 4) is 0 Å². The Balaban J connectivity index is 2.27. The molecule has 1 aromatic rings. The van der Waals surface area contributed by atoms with Crippen LogP contribution in [0.3, 0.4) is 0 Å². The lowest BCUT2D eigenvalue weighted by molar-refractivity contribution is -0.130. The summed E-state index contributed by atoms with van der Waals surface area (Å²) in [4.78, 5) is 38.5. The van der Waals surface area contributed by atoms with Crippen molar-refractivity contribution in [3.05, 3.63) is 32.6 Å². The molecule has 0 saturated carbocycles. The number of aromatic nitrogens is 2. The quantitative estimate of drug-likeness (QED) is 0.387. The third-order valence-corrected chi connectivity index (χ3v) is 3.36. The average Bonchev–Trinajstić information content (AvgIpc) is 2.81. The third kappa shape index (κ3) is 3.25. The molecular formula is C12H17N3O7. The van der Waals surface area contributed by atoms with Gasteiger partial charge in [-0.05, 0) is 0 Å². The number of aliphatic hydroxyl groups is 2. The first-order valence-electron chi connectivity index (χ1n) is 6.56. The Hall–Kier alpha value is -2.01. The van der Waals surface area contributed by atoms with Crippen LogP contribution >= 0.6 is 0 Å². The summed E-state index contributed by atoms with van der Waals surface area (Å²) in [7, 11) is 1.42. The van der Waals surface area contributed by atoms with Crippen LogP contribution in [0, 0.1) is 0 Å². The summed E-state index contributed by atoms with van der Waals surface area (Å²) in [6.07, 6.45) is -3.12. The molecule has 5 N–H and O–H groups in total. The summed E-state index contributed by atoms with van der Waals surface area (Å²) in [5.74, 6) is -0.422. The van der Waals surface area contributed by atoms with Gasteiger partial charge in [-0.1, -0.05) is 0 Å². The van der Waals surface area contributed by atoms with Gasteiger partial charge in [-0.3, -0.25) is 14.6 Å². The first kappa shape index (κ1) is 16.4. The van der Waals surface area contributed by atoms with E-state index in [9.17, 15) is 24.6 Å². The minimum Gasteiger partial charge on any atom is -0.394 e. The summed E-state index contributed by atoms with van der Waals surface area (Å²) >= 11 is 0. The van der Waals surface area contributed by atoms with Crippen molar-refractivity contribution in [2.45, 2.75) is 24.4 Å². The summed E-state index contributed by atoms with van der Waals surface area (Å²) in [5, 5.41) is 21.6. The fourth-order valence-corrected chi connectivity index (χ4v) is 2.20. The summed E-state index contributed by atoms with van der Waals surface area (Å²) in [6.45, 7) is -0.837. The third-order valence-electron chi connectivity index (χ3n) is 3.36. The van der Waals surface area contributed by atoms with E-state index >= 15 is 0 Å². The van der Waals surface area contributed by atoms with Crippen LogP contribution in [0.2, 0.25) is 0 Å². The Morgan fingerprint density at radius 3 is 2.82 bits per heavy atom. The molecule has 1 amide bonds. The molecule has 10 nitrogen and oxygen atoms in total. The molecule has 122 valence electrons. The zero-order valence-electron chi connectivity index (χ0n) is 11.7. The molecular weight excluding hydrogens is 298 g/mol. The highest BCUT2D eigenvalue weighted by atomic mass is 16.6. The molecule has 2 heterocycles. The Morgan fingerprint density at radius 2 is 2.23 bits per heavy atom. The van der Waals surface area contributed by atoms with E-state index in [0.717, 1.165) is 6.20 Å². The van der Waals surface area contributed by atoms with Gasteiger partial charge in [0.1, 0.15) is 31.0 Å². The average molecular weight is 315 g/mol. The molecule has 22 heavy (non-hydrogen) atoms. The van der Waals surface area contributed by atoms with Crippen LogP contribution in [-0.4, -0.2) is 64.7 Å². The number of carbonyl (C=O) groups is 1. The van der Waals surface area contributed by atoms with Gasteiger partial charge in [-0.2, -0.15) is 0 Å². The summed E-state index contributed by atoms with van der Waals surface area (Å²) in [6, 6.07) is 0. The number of aliphatic hydroxyl groups excluding tert-OH is 2. The van der Waals surface area contributed by atoms with Gasteiger partial charge in [0.25, 0.3) is 5.56 Å². The number of amides is 1. The minimum absolute atomic E-state index is 0.0245. The normalized spacial score (nSPS) is 27.8.